The van der Waals surface area contributed by atoms with Gasteiger partial charge in [-0.1, -0.05) is 24.3 Å². The number of hydrogen-bond acceptors (Lipinski definition) is 6. The van der Waals surface area contributed by atoms with Crippen molar-refractivity contribution in [1.29, 1.82) is 0 Å². The SMILES string of the molecule is CN(Cc1ccccc1N1CCOCC1)C(=O)C1CCCN1S(=O)(=O)c1cccs1. The Morgan fingerprint density at radius 1 is 1.17 bits per heavy atom. The lowest BCUT2D eigenvalue weighted by molar-refractivity contribution is -0.133. The maximum Gasteiger partial charge on any atom is 0.253 e. The minimum absolute atomic E-state index is 0.149. The molecule has 1 atom stereocenters. The summed E-state index contributed by atoms with van der Waals surface area (Å²) < 4.78 is 33.1. The molecule has 1 amide bonds. The Hall–Kier alpha value is -1.94. The molecule has 0 saturated carbocycles. The first-order chi connectivity index (χ1) is 14.5. The molecule has 7 nitrogen and oxygen atoms in total. The molecule has 1 unspecified atom stereocenters. The molecule has 0 radical (unpaired) electrons. The molecule has 0 spiro atoms. The first-order valence-electron chi connectivity index (χ1n) is 10.2. The molecule has 2 saturated heterocycles. The Bertz CT molecular complexity index is 972. The fraction of sp³-hybridized carbons (Fsp3) is 0.476. The number of sulfonamides is 1. The molecule has 2 aromatic rings. The van der Waals surface area contributed by atoms with Crippen LogP contribution in [0.2, 0.25) is 0 Å². The van der Waals surface area contributed by atoms with E-state index in [9.17, 15) is 13.2 Å². The van der Waals surface area contributed by atoms with E-state index in [2.05, 4.69) is 11.0 Å². The van der Waals surface area contributed by atoms with Crippen molar-refractivity contribution in [2.45, 2.75) is 29.6 Å². The molecule has 0 aliphatic carbocycles. The summed E-state index contributed by atoms with van der Waals surface area (Å²) >= 11 is 1.19. The standard InChI is InChI=1S/C21H27N3O4S2/c1-22(16-17-6-2-3-7-18(17)23-11-13-28-14-12-23)21(25)19-8-4-10-24(19)30(26,27)20-9-5-15-29-20/h2-3,5-7,9,15,19H,4,8,10-14,16H2,1H3. The van der Waals surface area contributed by atoms with E-state index in [1.165, 1.54) is 15.6 Å². The van der Waals surface area contributed by atoms with Crippen molar-refractivity contribution in [3.05, 3.63) is 47.3 Å². The monoisotopic (exact) mass is 449 g/mol. The van der Waals surface area contributed by atoms with Gasteiger partial charge in [-0.15, -0.1) is 11.3 Å². The summed E-state index contributed by atoms with van der Waals surface area (Å²) in [6, 6.07) is 10.8. The molecule has 2 aliphatic heterocycles. The molecule has 2 fully saturated rings. The molecule has 4 rings (SSSR count). The number of para-hydroxylation sites is 1. The Balaban J connectivity index is 1.50. The van der Waals surface area contributed by atoms with E-state index in [4.69, 9.17) is 4.74 Å². The number of ether oxygens (including phenoxy) is 1. The van der Waals surface area contributed by atoms with Gasteiger partial charge in [0.25, 0.3) is 10.0 Å². The van der Waals surface area contributed by atoms with E-state index in [-0.39, 0.29) is 5.91 Å². The Kier molecular flexibility index (Phi) is 6.43. The third kappa shape index (κ3) is 4.25. The van der Waals surface area contributed by atoms with Gasteiger partial charge in [-0.2, -0.15) is 4.31 Å². The molecular weight excluding hydrogens is 422 g/mol. The summed E-state index contributed by atoms with van der Waals surface area (Å²) in [5, 5.41) is 1.74. The quantitative estimate of drug-likeness (QED) is 0.677. The predicted molar refractivity (Wildman–Crippen MR) is 117 cm³/mol. The van der Waals surface area contributed by atoms with Gasteiger partial charge >= 0.3 is 0 Å². The third-order valence-electron chi connectivity index (χ3n) is 5.67. The molecule has 0 N–H and O–H groups in total. The molecule has 2 aliphatic rings. The number of likely N-dealkylation sites (N-methyl/N-ethyl adjacent to an activating group) is 1. The zero-order chi connectivity index (χ0) is 21.1. The van der Waals surface area contributed by atoms with E-state index in [1.54, 1.807) is 29.5 Å². The Morgan fingerprint density at radius 2 is 1.93 bits per heavy atom. The summed E-state index contributed by atoms with van der Waals surface area (Å²) in [6.07, 6.45) is 1.25. The van der Waals surface area contributed by atoms with Crippen LogP contribution in [-0.2, 0) is 26.1 Å². The number of thiophene rings is 1. The number of amides is 1. The van der Waals surface area contributed by atoms with Crippen molar-refractivity contribution in [3.63, 3.8) is 0 Å². The number of rotatable bonds is 6. The first kappa shape index (κ1) is 21.3. The minimum atomic E-state index is -3.64. The van der Waals surface area contributed by atoms with E-state index in [1.807, 2.05) is 18.2 Å². The second kappa shape index (κ2) is 9.05. The van der Waals surface area contributed by atoms with Gasteiger partial charge in [-0.25, -0.2) is 8.42 Å². The number of anilines is 1. The molecule has 0 bridgehead atoms. The number of nitrogens with zero attached hydrogens (tertiary/aromatic N) is 3. The third-order valence-corrected chi connectivity index (χ3v) is 8.96. The zero-order valence-electron chi connectivity index (χ0n) is 17.1. The summed E-state index contributed by atoms with van der Waals surface area (Å²) in [5.41, 5.74) is 2.16. The fourth-order valence-electron chi connectivity index (χ4n) is 4.15. The lowest BCUT2D eigenvalue weighted by Crippen LogP contribution is -2.46. The molecule has 162 valence electrons. The average molecular weight is 450 g/mol. The molecule has 3 heterocycles. The second-order valence-corrected chi connectivity index (χ2v) is 10.7. The highest BCUT2D eigenvalue weighted by Crippen LogP contribution is 2.30. The van der Waals surface area contributed by atoms with Crippen molar-refractivity contribution in [2.24, 2.45) is 0 Å². The van der Waals surface area contributed by atoms with Gasteiger partial charge in [-0.3, -0.25) is 4.79 Å². The first-order valence-corrected chi connectivity index (χ1v) is 12.5. The van der Waals surface area contributed by atoms with Crippen molar-refractivity contribution < 1.29 is 17.9 Å². The molecule has 1 aromatic carbocycles. The Labute approximate surface area is 181 Å². The Morgan fingerprint density at radius 3 is 2.67 bits per heavy atom. The van der Waals surface area contributed by atoms with Crippen LogP contribution in [0.4, 0.5) is 5.69 Å². The summed E-state index contributed by atoms with van der Waals surface area (Å²) in [7, 11) is -1.88. The van der Waals surface area contributed by atoms with Gasteiger partial charge in [0.15, 0.2) is 0 Å². The number of carbonyl (C=O) groups is 1. The van der Waals surface area contributed by atoms with Crippen molar-refractivity contribution >= 4 is 33.0 Å². The minimum Gasteiger partial charge on any atom is -0.378 e. The van der Waals surface area contributed by atoms with E-state index in [0.29, 0.717) is 43.4 Å². The average Bonchev–Trinajstić information content (AvgIpc) is 3.47. The number of hydrogen-bond donors (Lipinski definition) is 0. The summed E-state index contributed by atoms with van der Waals surface area (Å²) in [6.45, 7) is 3.86. The van der Waals surface area contributed by atoms with Gasteiger partial charge in [0.1, 0.15) is 10.3 Å². The topological polar surface area (TPSA) is 70.2 Å². The number of benzene rings is 1. The van der Waals surface area contributed by atoms with Gasteiger partial charge in [0.2, 0.25) is 5.91 Å². The number of morpholine rings is 1. The van der Waals surface area contributed by atoms with Crippen LogP contribution in [-0.4, -0.2) is 69.5 Å². The van der Waals surface area contributed by atoms with Crippen LogP contribution in [0.5, 0.6) is 0 Å². The second-order valence-electron chi connectivity index (χ2n) is 7.63. The van der Waals surface area contributed by atoms with Crippen LogP contribution in [0, 0.1) is 0 Å². The van der Waals surface area contributed by atoms with Crippen LogP contribution in [0.15, 0.2) is 46.0 Å². The maximum atomic E-state index is 13.3. The zero-order valence-corrected chi connectivity index (χ0v) is 18.7. The lowest BCUT2D eigenvalue weighted by atomic mass is 10.1. The summed E-state index contributed by atoms with van der Waals surface area (Å²) in [4.78, 5) is 17.2. The van der Waals surface area contributed by atoms with Crippen LogP contribution in [0.3, 0.4) is 0 Å². The van der Waals surface area contributed by atoms with Crippen molar-refractivity contribution in [2.75, 3.05) is 44.8 Å². The highest BCUT2D eigenvalue weighted by molar-refractivity contribution is 7.91. The van der Waals surface area contributed by atoms with Gasteiger partial charge < -0.3 is 14.5 Å². The van der Waals surface area contributed by atoms with Crippen molar-refractivity contribution in [1.82, 2.24) is 9.21 Å². The van der Waals surface area contributed by atoms with Gasteiger partial charge in [-0.05, 0) is 35.9 Å². The van der Waals surface area contributed by atoms with Crippen LogP contribution in [0.1, 0.15) is 18.4 Å². The normalized spacial score (nSPS) is 20.4. The highest BCUT2D eigenvalue weighted by atomic mass is 32.2. The number of carbonyl (C=O) groups excluding carboxylic acids is 1. The van der Waals surface area contributed by atoms with E-state index < -0.39 is 16.1 Å². The fourth-order valence-corrected chi connectivity index (χ4v) is 6.92. The highest BCUT2D eigenvalue weighted by Gasteiger charge is 2.41. The molecule has 30 heavy (non-hydrogen) atoms. The smallest absolute Gasteiger partial charge is 0.253 e. The maximum absolute atomic E-state index is 13.3. The van der Waals surface area contributed by atoms with E-state index in [0.717, 1.165) is 24.3 Å². The van der Waals surface area contributed by atoms with Crippen LogP contribution < -0.4 is 4.90 Å². The van der Waals surface area contributed by atoms with Gasteiger partial charge in [0.05, 0.1) is 13.2 Å². The molecule has 9 heteroatoms. The van der Waals surface area contributed by atoms with Crippen LogP contribution in [0.25, 0.3) is 0 Å². The van der Waals surface area contributed by atoms with E-state index >= 15 is 0 Å². The van der Waals surface area contributed by atoms with Crippen LogP contribution >= 0.6 is 11.3 Å². The predicted octanol–water partition coefficient (Wildman–Crippen LogP) is 2.40. The molecule has 1 aromatic heterocycles. The lowest BCUT2D eigenvalue weighted by Gasteiger charge is -2.32. The summed E-state index contributed by atoms with van der Waals surface area (Å²) in [5.74, 6) is -0.149. The molecular formula is C21H27N3O4S2. The largest absolute Gasteiger partial charge is 0.378 e. The van der Waals surface area contributed by atoms with Gasteiger partial charge in [0, 0.05) is 38.9 Å². The van der Waals surface area contributed by atoms with Crippen molar-refractivity contribution in [3.8, 4) is 0 Å².